The average molecular weight is 1020 g/mol. The predicted molar refractivity (Wildman–Crippen MR) is 337 cm³/mol. The zero-order chi connectivity index (χ0) is 53.2. The quantitative estimate of drug-likeness (QED) is 0.148. The van der Waals surface area contributed by atoms with E-state index in [0.717, 1.165) is 34.1 Å². The number of nitrogens with zero attached hydrogens (tertiary/aromatic N) is 4. The Kier molecular flexibility index (Phi) is 10.2. The summed E-state index contributed by atoms with van der Waals surface area (Å²) in [6.45, 7) is 6.89. The first-order valence-corrected chi connectivity index (χ1v) is 27.8. The maximum atomic E-state index is 2.44. The second-order valence-electron chi connectivity index (χ2n) is 22.2. The van der Waals surface area contributed by atoms with Crippen LogP contribution in [0.15, 0.2) is 273 Å². The molecule has 16 rings (SSSR count). The lowest BCUT2D eigenvalue weighted by molar-refractivity contribution is 0.660. The Morgan fingerprint density at radius 1 is 0.275 bits per heavy atom. The molecule has 0 amide bonds. The highest BCUT2D eigenvalue weighted by molar-refractivity contribution is 6.15. The fraction of sp³-hybridized carbons (Fsp3) is 0.0526. The summed E-state index contributed by atoms with van der Waals surface area (Å²) >= 11 is 0. The third-order valence-electron chi connectivity index (χ3n) is 17.3. The van der Waals surface area contributed by atoms with Crippen molar-refractivity contribution in [3.05, 3.63) is 290 Å². The van der Waals surface area contributed by atoms with Crippen LogP contribution >= 0.6 is 0 Å². The van der Waals surface area contributed by atoms with Gasteiger partial charge in [0.1, 0.15) is 0 Å². The smallest absolute Gasteiger partial charge is 0.0542 e. The minimum atomic E-state index is -0.131. The maximum absolute atomic E-state index is 2.44. The number of hydrogen-bond acceptors (Lipinski definition) is 1. The predicted octanol–water partition coefficient (Wildman–Crippen LogP) is 20.4. The van der Waals surface area contributed by atoms with Gasteiger partial charge in [-0.2, -0.15) is 0 Å². The van der Waals surface area contributed by atoms with Crippen LogP contribution in [0.1, 0.15) is 30.5 Å². The van der Waals surface area contributed by atoms with Crippen LogP contribution in [0.5, 0.6) is 0 Å². The number of para-hydroxylation sites is 4. The van der Waals surface area contributed by atoms with Gasteiger partial charge in [-0.05, 0) is 185 Å². The number of aryl methyl sites for hydroxylation is 1. The molecule has 3 aromatic heterocycles. The van der Waals surface area contributed by atoms with E-state index in [2.05, 4.69) is 312 Å². The summed E-state index contributed by atoms with van der Waals surface area (Å²) in [6.07, 6.45) is 0. The molecule has 0 fully saturated rings. The van der Waals surface area contributed by atoms with Crippen molar-refractivity contribution < 1.29 is 0 Å². The molecule has 0 unspecified atom stereocenters. The van der Waals surface area contributed by atoms with Crippen LogP contribution < -0.4 is 4.90 Å². The molecule has 0 atom stereocenters. The van der Waals surface area contributed by atoms with Crippen LogP contribution in [0.25, 0.3) is 116 Å². The number of hydrogen-bond donors (Lipinski definition) is 0. The Hall–Kier alpha value is -10.2. The van der Waals surface area contributed by atoms with E-state index in [1.165, 1.54) is 115 Å². The lowest BCUT2D eigenvalue weighted by atomic mass is 9.82. The second-order valence-corrected chi connectivity index (χ2v) is 22.2. The first-order chi connectivity index (χ1) is 39.3. The minimum absolute atomic E-state index is 0.131. The van der Waals surface area contributed by atoms with E-state index in [-0.39, 0.29) is 5.41 Å². The fourth-order valence-electron chi connectivity index (χ4n) is 13.4. The Labute approximate surface area is 464 Å². The molecule has 4 heteroatoms. The van der Waals surface area contributed by atoms with Gasteiger partial charge in [-0.3, -0.25) is 0 Å². The molecule has 0 saturated heterocycles. The molecule has 3 heterocycles. The monoisotopic (exact) mass is 1020 g/mol. The highest BCUT2D eigenvalue weighted by Gasteiger charge is 2.36. The van der Waals surface area contributed by atoms with E-state index in [9.17, 15) is 0 Å². The Morgan fingerprint density at radius 2 is 0.637 bits per heavy atom. The number of fused-ring (bicyclic) bond motifs is 12. The molecule has 0 spiro atoms. The van der Waals surface area contributed by atoms with Crippen molar-refractivity contribution in [1.82, 2.24) is 13.7 Å². The molecule has 1 aliphatic rings. The summed E-state index contributed by atoms with van der Waals surface area (Å²) in [5.74, 6) is 0. The summed E-state index contributed by atoms with van der Waals surface area (Å²) in [4.78, 5) is 2.44. The van der Waals surface area contributed by atoms with Gasteiger partial charge in [-0.25, -0.2) is 0 Å². The highest BCUT2D eigenvalue weighted by atomic mass is 15.1. The Bertz CT molecular complexity index is 4960. The SMILES string of the molecule is Cc1ccc(N(c2ccc3c(c2)C(C)(C)c2ccccc2-3)c2ccc3c(c2)c2cc(-c4ccc5c(c4)c4cc(-c6ccc7c(c6)c6ccccc6n7-c6ccccc6)ccc4n5-c4ccccc4)ccc2n3-c2ccccc2)cc1. The molecular formula is C76H54N4. The molecular weight excluding hydrogens is 969 g/mol. The first kappa shape index (κ1) is 46.0. The molecule has 0 saturated carbocycles. The number of aromatic nitrogens is 3. The van der Waals surface area contributed by atoms with E-state index in [1.807, 2.05) is 0 Å². The van der Waals surface area contributed by atoms with E-state index in [0.29, 0.717) is 0 Å². The van der Waals surface area contributed by atoms with Crippen molar-refractivity contribution in [1.29, 1.82) is 0 Å². The van der Waals surface area contributed by atoms with Gasteiger partial charge in [0.15, 0.2) is 0 Å². The molecule has 15 aromatic rings. The van der Waals surface area contributed by atoms with Crippen molar-refractivity contribution >= 4 is 82.5 Å². The molecule has 378 valence electrons. The zero-order valence-corrected chi connectivity index (χ0v) is 44.8. The van der Waals surface area contributed by atoms with Crippen LogP contribution in [0.2, 0.25) is 0 Å². The maximum Gasteiger partial charge on any atom is 0.0542 e. The highest BCUT2D eigenvalue weighted by Crippen LogP contribution is 2.51. The summed E-state index contributed by atoms with van der Waals surface area (Å²) in [6, 6.07) is 101. The van der Waals surface area contributed by atoms with E-state index in [4.69, 9.17) is 0 Å². The summed E-state index contributed by atoms with van der Waals surface area (Å²) in [5.41, 5.74) is 25.1. The topological polar surface area (TPSA) is 18.0 Å². The van der Waals surface area contributed by atoms with Gasteiger partial charge in [0.25, 0.3) is 0 Å². The van der Waals surface area contributed by atoms with Gasteiger partial charge < -0.3 is 18.6 Å². The van der Waals surface area contributed by atoms with Crippen molar-refractivity contribution in [2.24, 2.45) is 0 Å². The number of anilines is 3. The lowest BCUT2D eigenvalue weighted by Crippen LogP contribution is -2.16. The van der Waals surface area contributed by atoms with Crippen molar-refractivity contribution in [2.45, 2.75) is 26.2 Å². The molecule has 0 bridgehead atoms. The third-order valence-corrected chi connectivity index (χ3v) is 17.3. The minimum Gasteiger partial charge on any atom is -0.310 e. The molecule has 1 aliphatic carbocycles. The number of rotatable bonds is 8. The summed E-state index contributed by atoms with van der Waals surface area (Å²) < 4.78 is 7.24. The molecule has 0 aliphatic heterocycles. The van der Waals surface area contributed by atoms with Crippen LogP contribution in [0, 0.1) is 6.92 Å². The van der Waals surface area contributed by atoms with E-state index >= 15 is 0 Å². The van der Waals surface area contributed by atoms with Crippen LogP contribution in [-0.2, 0) is 5.41 Å². The molecule has 4 nitrogen and oxygen atoms in total. The average Bonchev–Trinajstić information content (AvgIpc) is 4.29. The summed E-state index contributed by atoms with van der Waals surface area (Å²) in [7, 11) is 0. The van der Waals surface area contributed by atoms with Gasteiger partial charge in [-0.1, -0.05) is 159 Å². The largest absolute Gasteiger partial charge is 0.310 e. The fourth-order valence-corrected chi connectivity index (χ4v) is 13.4. The van der Waals surface area contributed by atoms with E-state index < -0.39 is 0 Å². The standard InChI is InChI=1S/C76H54N4/c1-49-27-33-57(34-28-49)77(59-35-37-61-60-23-13-15-25-68(60)76(2,3)69(61)48-59)58-36-42-75-67(47-58)66-46-53(32-41-74(66)80(75)56-21-11-6-12-22-56)52-31-40-73-65(45-52)64-44-51(30-39-72(64)79(73)55-19-9-5-10-20-55)50-29-38-71-63(43-50)62-24-14-16-26-70(62)78(71)54-17-7-4-8-18-54/h4-48H,1-3H3. The zero-order valence-electron chi connectivity index (χ0n) is 44.8. The molecule has 0 N–H and O–H groups in total. The second kappa shape index (κ2) is 17.7. The van der Waals surface area contributed by atoms with Gasteiger partial charge in [0.05, 0.1) is 33.1 Å². The van der Waals surface area contributed by atoms with Crippen LogP contribution in [-0.4, -0.2) is 13.7 Å². The Morgan fingerprint density at radius 3 is 1.15 bits per heavy atom. The Balaban J connectivity index is 0.869. The molecule has 12 aromatic carbocycles. The third kappa shape index (κ3) is 7.02. The summed E-state index contributed by atoms with van der Waals surface area (Å²) in [5, 5.41) is 7.33. The number of benzene rings is 12. The lowest BCUT2D eigenvalue weighted by Gasteiger charge is -2.28. The van der Waals surface area contributed by atoms with Crippen molar-refractivity contribution in [3.63, 3.8) is 0 Å². The van der Waals surface area contributed by atoms with Gasteiger partial charge in [-0.15, -0.1) is 0 Å². The van der Waals surface area contributed by atoms with Crippen LogP contribution in [0.4, 0.5) is 17.1 Å². The molecule has 80 heavy (non-hydrogen) atoms. The van der Waals surface area contributed by atoms with Crippen molar-refractivity contribution in [3.8, 4) is 50.4 Å². The van der Waals surface area contributed by atoms with Gasteiger partial charge in [0.2, 0.25) is 0 Å². The first-order valence-electron chi connectivity index (χ1n) is 27.8. The molecule has 0 radical (unpaired) electrons. The van der Waals surface area contributed by atoms with Gasteiger partial charge in [0, 0.05) is 71.9 Å². The van der Waals surface area contributed by atoms with Crippen LogP contribution in [0.3, 0.4) is 0 Å². The van der Waals surface area contributed by atoms with Crippen molar-refractivity contribution in [2.75, 3.05) is 4.90 Å². The normalized spacial score (nSPS) is 12.8. The van der Waals surface area contributed by atoms with E-state index in [1.54, 1.807) is 0 Å². The van der Waals surface area contributed by atoms with Gasteiger partial charge >= 0.3 is 0 Å².